The van der Waals surface area contributed by atoms with Gasteiger partial charge in [-0.05, 0) is 0 Å². The predicted octanol–water partition coefficient (Wildman–Crippen LogP) is 3.55. The van der Waals surface area contributed by atoms with Crippen LogP contribution in [0.3, 0.4) is 0 Å². The van der Waals surface area contributed by atoms with Gasteiger partial charge in [-0.15, -0.1) is 0 Å². The summed E-state index contributed by atoms with van der Waals surface area (Å²) in [6.07, 6.45) is 3.55. The molecule has 0 radical (unpaired) electrons. The van der Waals surface area contributed by atoms with Gasteiger partial charge >= 0.3 is 129 Å². The molecule has 1 aliphatic heterocycles. The van der Waals surface area contributed by atoms with E-state index in [4.69, 9.17) is 0 Å². The van der Waals surface area contributed by atoms with Crippen molar-refractivity contribution in [3.63, 3.8) is 0 Å². The Labute approximate surface area is 129 Å². The first-order chi connectivity index (χ1) is 10.3. The molecule has 21 heavy (non-hydrogen) atoms. The topological polar surface area (TPSA) is 20.2 Å². The molecule has 110 valence electrons. The second-order valence-corrected chi connectivity index (χ2v) is 11.4. The van der Waals surface area contributed by atoms with Crippen LogP contribution in [0.15, 0.2) is 60.7 Å². The summed E-state index contributed by atoms with van der Waals surface area (Å²) < 4.78 is 0. The number of aliphatic hydroxyl groups is 1. The molecular weight excluding hydrogens is 274 g/mol. The van der Waals surface area contributed by atoms with Crippen molar-refractivity contribution in [2.24, 2.45) is 0 Å². The summed E-state index contributed by atoms with van der Waals surface area (Å²) in [6.45, 7) is 0.329. The molecule has 1 nitrogen and oxygen atoms in total. The second-order valence-electron chi connectivity index (χ2n) is 6.48. The molecule has 2 atom stereocenters. The van der Waals surface area contributed by atoms with Gasteiger partial charge in [0.2, 0.25) is 0 Å². The Morgan fingerprint density at radius 2 is 1.29 bits per heavy atom. The molecule has 1 N–H and O–H groups in total. The molecule has 3 heteroatoms. The van der Waals surface area contributed by atoms with Crippen molar-refractivity contribution in [2.45, 2.75) is 24.2 Å². The second kappa shape index (κ2) is 6.34. The molecule has 1 fully saturated rings. The van der Waals surface area contributed by atoms with Crippen LogP contribution in [0, 0.1) is 0 Å². The molecular formula is C18H24BOP. The Balaban J connectivity index is 1.97. The third kappa shape index (κ3) is 2.80. The minimum atomic E-state index is -1.58. The zero-order valence-electron chi connectivity index (χ0n) is 12.7. The third-order valence-corrected chi connectivity index (χ3v) is 11.1. The molecule has 2 aromatic carbocycles. The Morgan fingerprint density at radius 3 is 1.67 bits per heavy atom. The third-order valence-electron chi connectivity index (χ3n) is 5.39. The zero-order valence-corrected chi connectivity index (χ0v) is 13.7. The van der Waals surface area contributed by atoms with Gasteiger partial charge < -0.3 is 0 Å². The van der Waals surface area contributed by atoms with Gasteiger partial charge in [0.15, 0.2) is 0 Å². The van der Waals surface area contributed by atoms with Crippen LogP contribution in [0.25, 0.3) is 0 Å². The number of hydrogen-bond acceptors (Lipinski definition) is 1. The fraction of sp³-hybridized carbons (Fsp3) is 0.333. The Kier molecular flexibility index (Phi) is 4.47. The summed E-state index contributed by atoms with van der Waals surface area (Å²) in [5.41, 5.74) is 4.32. The first-order valence-electron chi connectivity index (χ1n) is 7.96. The van der Waals surface area contributed by atoms with Gasteiger partial charge in [-0.2, -0.15) is 0 Å². The van der Waals surface area contributed by atoms with Crippen molar-refractivity contribution >= 4 is 14.7 Å². The molecule has 1 saturated heterocycles. The fourth-order valence-corrected chi connectivity index (χ4v) is 9.52. The van der Waals surface area contributed by atoms with E-state index in [0.29, 0.717) is 17.9 Å². The number of aliphatic hydroxyl groups excluding tert-OH is 1. The summed E-state index contributed by atoms with van der Waals surface area (Å²) in [6, 6.07) is 21.9. The van der Waals surface area contributed by atoms with E-state index in [1.54, 1.807) is 0 Å². The van der Waals surface area contributed by atoms with Crippen molar-refractivity contribution in [2.75, 3.05) is 12.8 Å². The molecule has 0 unspecified atom stereocenters. The van der Waals surface area contributed by atoms with Gasteiger partial charge in [-0.1, -0.05) is 0 Å². The maximum absolute atomic E-state index is 9.66. The van der Waals surface area contributed by atoms with E-state index < -0.39 is 7.14 Å². The van der Waals surface area contributed by atoms with Gasteiger partial charge in [-0.3, -0.25) is 0 Å². The fourth-order valence-electron chi connectivity index (χ4n) is 4.29. The summed E-state index contributed by atoms with van der Waals surface area (Å²) in [4.78, 5) is 0. The monoisotopic (exact) mass is 298 g/mol. The summed E-state index contributed by atoms with van der Waals surface area (Å²) in [5.74, 6) is 0. The first-order valence-corrected chi connectivity index (χ1v) is 10.8. The van der Waals surface area contributed by atoms with Crippen molar-refractivity contribution in [3.8, 4) is 0 Å². The summed E-state index contributed by atoms with van der Waals surface area (Å²) in [7, 11) is 0.929. The molecule has 1 heterocycles. The van der Waals surface area contributed by atoms with Crippen LogP contribution in [-0.4, -0.2) is 25.4 Å². The van der Waals surface area contributed by atoms with Crippen LogP contribution in [0.1, 0.15) is 35.3 Å². The van der Waals surface area contributed by atoms with E-state index in [1.807, 2.05) is 0 Å². The van der Waals surface area contributed by atoms with Crippen molar-refractivity contribution < 1.29 is 5.11 Å². The zero-order chi connectivity index (χ0) is 14.7. The van der Waals surface area contributed by atoms with Gasteiger partial charge in [0.25, 0.3) is 0 Å². The van der Waals surface area contributed by atoms with Crippen LogP contribution in [0.2, 0.25) is 0 Å². The molecule has 0 saturated carbocycles. The van der Waals surface area contributed by atoms with Gasteiger partial charge in [-0.25, -0.2) is 0 Å². The van der Waals surface area contributed by atoms with E-state index in [0.717, 1.165) is 6.16 Å². The maximum atomic E-state index is 9.66. The Hall–Kier alpha value is -1.11. The standard InChI is InChI=1S/C18H24BOP/c19-21(14-13-20)17(15-7-3-1-4-8-15)11-12-18(21)16-9-5-2-6-10-16/h1-10,17-18,20-21H,11-14,19H2/t17-,18-/m1/s1. The summed E-state index contributed by atoms with van der Waals surface area (Å²) in [5, 5.41) is 9.66. The van der Waals surface area contributed by atoms with E-state index in [9.17, 15) is 5.11 Å². The SMILES string of the molecule is B[PH]1(CCO)[C@@H](c2ccccc2)CC[C@@H]1c1ccccc1. The molecule has 0 bridgehead atoms. The van der Waals surface area contributed by atoms with Crippen LogP contribution in [0.5, 0.6) is 0 Å². The van der Waals surface area contributed by atoms with E-state index in [2.05, 4.69) is 68.2 Å². The van der Waals surface area contributed by atoms with Crippen LogP contribution < -0.4 is 0 Å². The molecule has 2 aromatic rings. The number of rotatable bonds is 4. The van der Waals surface area contributed by atoms with Gasteiger partial charge in [0.1, 0.15) is 0 Å². The van der Waals surface area contributed by atoms with Crippen LogP contribution in [0.4, 0.5) is 0 Å². The van der Waals surface area contributed by atoms with Crippen molar-refractivity contribution in [3.05, 3.63) is 71.8 Å². The minimum absolute atomic E-state index is 0.329. The van der Waals surface area contributed by atoms with Crippen molar-refractivity contribution in [1.29, 1.82) is 0 Å². The first kappa shape index (κ1) is 14.8. The molecule has 0 spiro atoms. The van der Waals surface area contributed by atoms with Crippen LogP contribution in [-0.2, 0) is 0 Å². The summed E-state index contributed by atoms with van der Waals surface area (Å²) >= 11 is 0. The Morgan fingerprint density at radius 1 is 0.857 bits per heavy atom. The van der Waals surface area contributed by atoms with Crippen LogP contribution >= 0.6 is 7.14 Å². The van der Waals surface area contributed by atoms with E-state index >= 15 is 0 Å². The molecule has 0 aromatic heterocycles. The number of hydrogen-bond donors (Lipinski definition) is 1. The molecule has 1 aliphatic rings. The predicted molar refractivity (Wildman–Crippen MR) is 96.4 cm³/mol. The van der Waals surface area contributed by atoms with Gasteiger partial charge in [0.05, 0.1) is 0 Å². The molecule has 0 amide bonds. The van der Waals surface area contributed by atoms with Crippen molar-refractivity contribution in [1.82, 2.24) is 0 Å². The Bertz CT molecular complexity index is 525. The quantitative estimate of drug-likeness (QED) is 0.676. The van der Waals surface area contributed by atoms with E-state index in [-0.39, 0.29) is 0 Å². The van der Waals surface area contributed by atoms with Gasteiger partial charge in [0, 0.05) is 0 Å². The van der Waals surface area contributed by atoms with E-state index in [1.165, 1.54) is 24.0 Å². The number of benzene rings is 2. The average Bonchev–Trinajstić information content (AvgIpc) is 2.86. The molecule has 0 aliphatic carbocycles. The molecule has 3 rings (SSSR count). The normalized spacial score (nSPS) is 25.6. The average molecular weight is 298 g/mol.